The number of aryl methyl sites for hydroxylation is 1. The number of likely N-dealkylation sites (tertiary alicyclic amines) is 1. The molecule has 0 spiro atoms. The van der Waals surface area contributed by atoms with Crippen LogP contribution >= 0.6 is 0 Å². The number of hydrogen-bond donors (Lipinski definition) is 1. The first-order valence-electron chi connectivity index (χ1n) is 11.7. The van der Waals surface area contributed by atoms with Crippen molar-refractivity contribution in [2.45, 2.75) is 58.7 Å². The molecule has 2 aromatic carbocycles. The Morgan fingerprint density at radius 1 is 1.09 bits per heavy atom. The van der Waals surface area contributed by atoms with E-state index in [2.05, 4.69) is 13.8 Å². The van der Waals surface area contributed by atoms with Crippen molar-refractivity contribution in [3.8, 4) is 11.5 Å². The van der Waals surface area contributed by atoms with Crippen molar-refractivity contribution < 1.29 is 28.6 Å². The zero-order valence-corrected chi connectivity index (χ0v) is 20.1. The van der Waals surface area contributed by atoms with Gasteiger partial charge in [-0.2, -0.15) is 0 Å². The summed E-state index contributed by atoms with van der Waals surface area (Å²) in [7, 11) is 0. The molecule has 3 aromatic rings. The number of esters is 1. The van der Waals surface area contributed by atoms with Crippen LogP contribution < -0.4 is 10.4 Å². The van der Waals surface area contributed by atoms with Gasteiger partial charge in [0, 0.05) is 34.7 Å². The molecule has 8 heteroatoms. The standard InChI is InChI=1S/C27H29NO7/c1-16-5-4-6-17(2)28(16)24(30)15-33-21-9-7-19(8-10-21)27(32)34-14-20-13-25(31)35-26-18(3)23(29)12-11-22(20)26/h7-13,16-17,29H,4-6,14-15H2,1-3H3/t16-,17-/m1/s1. The summed E-state index contributed by atoms with van der Waals surface area (Å²) in [5, 5.41) is 10.4. The number of ether oxygens (including phenoxy) is 2. The molecule has 1 fully saturated rings. The van der Waals surface area contributed by atoms with Gasteiger partial charge in [0.1, 0.15) is 23.7 Å². The highest BCUT2D eigenvalue weighted by Crippen LogP contribution is 2.28. The second-order valence-corrected chi connectivity index (χ2v) is 9.00. The van der Waals surface area contributed by atoms with Gasteiger partial charge >= 0.3 is 11.6 Å². The lowest BCUT2D eigenvalue weighted by atomic mass is 9.97. The van der Waals surface area contributed by atoms with Crippen LogP contribution in [0.4, 0.5) is 0 Å². The Hall–Kier alpha value is -3.81. The van der Waals surface area contributed by atoms with Gasteiger partial charge in [-0.05, 0) is 76.4 Å². The second kappa shape index (κ2) is 10.2. The fraction of sp³-hybridized carbons (Fsp3) is 0.370. The summed E-state index contributed by atoms with van der Waals surface area (Å²) < 4.78 is 16.3. The fourth-order valence-electron chi connectivity index (χ4n) is 4.58. The molecule has 1 aliphatic heterocycles. The van der Waals surface area contributed by atoms with Crippen LogP contribution in [0.25, 0.3) is 11.0 Å². The largest absolute Gasteiger partial charge is 0.508 e. The molecule has 0 saturated carbocycles. The number of aromatic hydroxyl groups is 1. The van der Waals surface area contributed by atoms with Crippen molar-refractivity contribution in [2.24, 2.45) is 0 Å². The highest BCUT2D eigenvalue weighted by Gasteiger charge is 2.29. The third kappa shape index (κ3) is 5.31. The van der Waals surface area contributed by atoms with Crippen molar-refractivity contribution in [3.05, 3.63) is 69.6 Å². The number of phenolic OH excluding ortho intramolecular Hbond substituents is 1. The van der Waals surface area contributed by atoms with E-state index in [1.165, 1.54) is 12.1 Å². The summed E-state index contributed by atoms with van der Waals surface area (Å²) >= 11 is 0. The van der Waals surface area contributed by atoms with Gasteiger partial charge in [-0.15, -0.1) is 0 Å². The number of amides is 1. The number of nitrogens with zero attached hydrogens (tertiary/aromatic N) is 1. The molecule has 1 aromatic heterocycles. The van der Waals surface area contributed by atoms with Crippen LogP contribution in [0.3, 0.4) is 0 Å². The Morgan fingerprint density at radius 2 is 1.77 bits per heavy atom. The first-order valence-corrected chi connectivity index (χ1v) is 11.7. The molecule has 0 bridgehead atoms. The van der Waals surface area contributed by atoms with Gasteiger partial charge in [-0.25, -0.2) is 9.59 Å². The zero-order chi connectivity index (χ0) is 25.1. The van der Waals surface area contributed by atoms with Crippen LogP contribution in [0.1, 0.15) is 54.6 Å². The highest BCUT2D eigenvalue weighted by molar-refractivity contribution is 5.90. The smallest absolute Gasteiger partial charge is 0.338 e. The molecule has 1 amide bonds. The Labute approximate surface area is 203 Å². The lowest BCUT2D eigenvalue weighted by molar-refractivity contribution is -0.139. The fourth-order valence-corrected chi connectivity index (χ4v) is 4.58. The third-order valence-corrected chi connectivity index (χ3v) is 6.51. The van der Waals surface area contributed by atoms with Crippen molar-refractivity contribution in [2.75, 3.05) is 6.61 Å². The quantitative estimate of drug-likeness (QED) is 0.414. The third-order valence-electron chi connectivity index (χ3n) is 6.51. The summed E-state index contributed by atoms with van der Waals surface area (Å²) in [6.07, 6.45) is 3.12. The lowest BCUT2D eigenvalue weighted by Crippen LogP contribution is -2.49. The van der Waals surface area contributed by atoms with Gasteiger partial charge in [0.2, 0.25) is 0 Å². The second-order valence-electron chi connectivity index (χ2n) is 9.00. The number of rotatable bonds is 6. The first-order chi connectivity index (χ1) is 16.7. The van der Waals surface area contributed by atoms with Crippen LogP contribution in [-0.2, 0) is 16.1 Å². The average molecular weight is 480 g/mol. The number of phenols is 1. The van der Waals surface area contributed by atoms with Crippen molar-refractivity contribution >= 4 is 22.8 Å². The highest BCUT2D eigenvalue weighted by atomic mass is 16.5. The van der Waals surface area contributed by atoms with E-state index in [4.69, 9.17) is 13.9 Å². The molecule has 0 radical (unpaired) electrons. The van der Waals surface area contributed by atoms with Crippen LogP contribution in [0.15, 0.2) is 51.7 Å². The number of carbonyl (C=O) groups is 2. The minimum absolute atomic E-state index is 0.0127. The maximum atomic E-state index is 12.6. The zero-order valence-electron chi connectivity index (χ0n) is 20.1. The molecule has 4 rings (SSSR count). The molecule has 0 aliphatic carbocycles. The van der Waals surface area contributed by atoms with E-state index in [-0.39, 0.29) is 42.5 Å². The summed E-state index contributed by atoms with van der Waals surface area (Å²) in [5.74, 6) is -0.121. The Bertz CT molecular complexity index is 1290. The van der Waals surface area contributed by atoms with Crippen molar-refractivity contribution in [3.63, 3.8) is 0 Å². The molecular formula is C27H29NO7. The normalized spacial score (nSPS) is 17.9. The van der Waals surface area contributed by atoms with E-state index in [0.717, 1.165) is 19.3 Å². The summed E-state index contributed by atoms with van der Waals surface area (Å²) in [4.78, 5) is 39.0. The molecule has 2 heterocycles. The predicted octanol–water partition coefficient (Wildman–Crippen LogP) is 4.33. The predicted molar refractivity (Wildman–Crippen MR) is 130 cm³/mol. The van der Waals surface area contributed by atoms with Crippen LogP contribution in [0.2, 0.25) is 0 Å². The van der Waals surface area contributed by atoms with E-state index in [0.29, 0.717) is 27.8 Å². The molecule has 0 unspecified atom stereocenters. The SMILES string of the molecule is Cc1c(O)ccc2c(COC(=O)c3ccc(OCC(=O)N4[C@H](C)CCC[C@H]4C)cc3)cc(=O)oc12. The average Bonchev–Trinajstić information content (AvgIpc) is 2.83. The molecule has 184 valence electrons. The van der Waals surface area contributed by atoms with E-state index in [9.17, 15) is 19.5 Å². The number of benzene rings is 2. The molecule has 1 aliphatic rings. The Morgan fingerprint density at radius 3 is 2.46 bits per heavy atom. The summed E-state index contributed by atoms with van der Waals surface area (Å²) in [6.45, 7) is 5.57. The topological polar surface area (TPSA) is 106 Å². The Kier molecular flexibility index (Phi) is 7.10. The minimum atomic E-state index is -0.596. The van der Waals surface area contributed by atoms with Gasteiger partial charge in [0.25, 0.3) is 5.91 Å². The van der Waals surface area contributed by atoms with Gasteiger partial charge < -0.3 is 23.9 Å². The number of carbonyl (C=O) groups excluding carboxylic acids is 2. The molecule has 8 nitrogen and oxygen atoms in total. The van der Waals surface area contributed by atoms with Crippen molar-refractivity contribution in [1.82, 2.24) is 4.90 Å². The maximum absolute atomic E-state index is 12.6. The summed E-state index contributed by atoms with van der Waals surface area (Å²) in [6, 6.07) is 11.1. The number of hydrogen-bond acceptors (Lipinski definition) is 7. The molecule has 1 N–H and O–H groups in total. The molecular weight excluding hydrogens is 450 g/mol. The van der Waals surface area contributed by atoms with E-state index in [1.807, 2.05) is 4.90 Å². The first kappa shape index (κ1) is 24.3. The minimum Gasteiger partial charge on any atom is -0.508 e. The van der Waals surface area contributed by atoms with E-state index >= 15 is 0 Å². The lowest BCUT2D eigenvalue weighted by Gasteiger charge is -2.38. The Balaban J connectivity index is 1.37. The monoisotopic (exact) mass is 479 g/mol. The molecule has 35 heavy (non-hydrogen) atoms. The maximum Gasteiger partial charge on any atom is 0.338 e. The van der Waals surface area contributed by atoms with Gasteiger partial charge in [-0.3, -0.25) is 4.79 Å². The van der Waals surface area contributed by atoms with Gasteiger partial charge in [-0.1, -0.05) is 0 Å². The van der Waals surface area contributed by atoms with E-state index in [1.54, 1.807) is 37.3 Å². The van der Waals surface area contributed by atoms with E-state index < -0.39 is 11.6 Å². The molecule has 2 atom stereocenters. The molecule has 1 saturated heterocycles. The van der Waals surface area contributed by atoms with Gasteiger partial charge in [0.15, 0.2) is 6.61 Å². The van der Waals surface area contributed by atoms with Crippen LogP contribution in [0, 0.1) is 6.92 Å². The van der Waals surface area contributed by atoms with Crippen molar-refractivity contribution in [1.29, 1.82) is 0 Å². The summed E-state index contributed by atoms with van der Waals surface area (Å²) in [5.41, 5.74) is 0.885. The van der Waals surface area contributed by atoms with Crippen LogP contribution in [0.5, 0.6) is 11.5 Å². The van der Waals surface area contributed by atoms with Gasteiger partial charge in [0.05, 0.1) is 5.56 Å². The number of fused-ring (bicyclic) bond motifs is 1. The number of piperidine rings is 1. The van der Waals surface area contributed by atoms with Crippen LogP contribution in [-0.4, -0.2) is 40.6 Å².